The maximum absolute atomic E-state index is 12.6. The highest BCUT2D eigenvalue weighted by molar-refractivity contribution is 7.84. The van der Waals surface area contributed by atoms with Gasteiger partial charge in [-0.3, -0.25) is 14.8 Å². The molecule has 0 aliphatic rings. The van der Waals surface area contributed by atoms with Crippen LogP contribution in [0.25, 0.3) is 0 Å². The summed E-state index contributed by atoms with van der Waals surface area (Å²) in [7, 11) is -1.06. The van der Waals surface area contributed by atoms with Gasteiger partial charge in [-0.2, -0.15) is 13.2 Å². The Bertz CT molecular complexity index is 535. The summed E-state index contributed by atoms with van der Waals surface area (Å²) in [6.07, 6.45) is -4.55. The van der Waals surface area contributed by atoms with E-state index in [1.165, 1.54) is 0 Å². The highest BCUT2D eigenvalue weighted by atomic mass is 32.2. The summed E-state index contributed by atoms with van der Waals surface area (Å²) in [6.45, 7) is 1.85. The second-order valence-corrected chi connectivity index (χ2v) is 5.96. The summed E-state index contributed by atoms with van der Waals surface area (Å²) >= 11 is 0. The molecule has 0 aromatic heterocycles. The van der Waals surface area contributed by atoms with Gasteiger partial charge in [0.1, 0.15) is 0 Å². The maximum atomic E-state index is 12.6. The molecule has 1 aromatic rings. The van der Waals surface area contributed by atoms with Gasteiger partial charge in [0.05, 0.1) is 16.8 Å². The molecule has 0 bridgehead atoms. The van der Waals surface area contributed by atoms with Crippen molar-refractivity contribution in [3.63, 3.8) is 0 Å². The van der Waals surface area contributed by atoms with Crippen molar-refractivity contribution in [2.24, 2.45) is 5.84 Å². The van der Waals surface area contributed by atoms with Gasteiger partial charge in [-0.25, -0.2) is 0 Å². The molecule has 0 aliphatic carbocycles. The van der Waals surface area contributed by atoms with Crippen molar-refractivity contribution in [1.82, 2.24) is 5.32 Å². The first kappa shape index (κ1) is 17.4. The average molecular weight is 323 g/mol. The smallest absolute Gasteiger partial charge is 0.351 e. The molecule has 1 unspecified atom stereocenters. The van der Waals surface area contributed by atoms with E-state index in [1.54, 1.807) is 6.92 Å². The van der Waals surface area contributed by atoms with Crippen LogP contribution in [0.15, 0.2) is 18.2 Å². The summed E-state index contributed by atoms with van der Waals surface area (Å²) in [5, 5.41) is 2.42. The first-order valence-corrected chi connectivity index (χ1v) is 7.59. The van der Waals surface area contributed by atoms with E-state index < -0.39 is 28.4 Å². The Kier molecular flexibility index (Phi) is 6.16. The number of hydrogen-bond donors (Lipinski definition) is 3. The van der Waals surface area contributed by atoms with Gasteiger partial charge in [0.2, 0.25) is 0 Å². The van der Waals surface area contributed by atoms with Crippen LogP contribution in [-0.2, 0) is 17.0 Å². The van der Waals surface area contributed by atoms with Crippen LogP contribution in [0.2, 0.25) is 0 Å². The molecule has 0 spiro atoms. The van der Waals surface area contributed by atoms with Crippen molar-refractivity contribution in [3.8, 4) is 0 Å². The Hall–Kier alpha value is -1.61. The SMILES string of the molecule is CCS(=O)CCNC(=O)c1cc(C(F)(F)F)ccc1NN. The molecule has 1 atom stereocenters. The second-order valence-electron chi connectivity index (χ2n) is 4.09. The van der Waals surface area contributed by atoms with Gasteiger partial charge in [-0.1, -0.05) is 6.92 Å². The van der Waals surface area contributed by atoms with Crippen LogP contribution in [0.5, 0.6) is 0 Å². The Morgan fingerprint density at radius 1 is 1.38 bits per heavy atom. The van der Waals surface area contributed by atoms with E-state index in [4.69, 9.17) is 5.84 Å². The Balaban J connectivity index is 2.88. The van der Waals surface area contributed by atoms with Crippen LogP contribution in [0.4, 0.5) is 18.9 Å². The van der Waals surface area contributed by atoms with E-state index in [-0.39, 0.29) is 23.5 Å². The van der Waals surface area contributed by atoms with Gasteiger partial charge in [-0.15, -0.1) is 0 Å². The quantitative estimate of drug-likeness (QED) is 0.547. The van der Waals surface area contributed by atoms with E-state index in [0.29, 0.717) is 5.75 Å². The van der Waals surface area contributed by atoms with Crippen LogP contribution in [0.3, 0.4) is 0 Å². The standard InChI is InChI=1S/C12H16F3N3O2S/c1-2-21(20)6-5-17-11(19)9-7-8(12(13,14)15)3-4-10(9)18-16/h3-4,7,18H,2,5-6,16H2,1H3,(H,17,19). The second kappa shape index (κ2) is 7.41. The predicted octanol–water partition coefficient (Wildman–Crippen LogP) is 1.49. The molecule has 1 rings (SSSR count). The number of halogens is 3. The van der Waals surface area contributed by atoms with Crippen LogP contribution in [-0.4, -0.2) is 28.2 Å². The lowest BCUT2D eigenvalue weighted by atomic mass is 10.1. The summed E-state index contributed by atoms with van der Waals surface area (Å²) in [5.41, 5.74) is 1.10. The Morgan fingerprint density at radius 2 is 2.05 bits per heavy atom. The molecule has 9 heteroatoms. The number of carbonyl (C=O) groups excluding carboxylic acids is 1. The molecule has 0 aliphatic heterocycles. The van der Waals surface area contributed by atoms with E-state index >= 15 is 0 Å². The van der Waals surface area contributed by atoms with E-state index in [2.05, 4.69) is 10.7 Å². The third kappa shape index (κ3) is 5.01. The van der Waals surface area contributed by atoms with Crippen molar-refractivity contribution in [1.29, 1.82) is 0 Å². The normalized spacial score (nSPS) is 12.8. The van der Waals surface area contributed by atoms with Crippen LogP contribution < -0.4 is 16.6 Å². The minimum atomic E-state index is -4.55. The van der Waals surface area contributed by atoms with Gasteiger partial charge >= 0.3 is 6.18 Å². The molecule has 21 heavy (non-hydrogen) atoms. The largest absolute Gasteiger partial charge is 0.416 e. The first-order chi connectivity index (χ1) is 9.79. The minimum Gasteiger partial charge on any atom is -0.351 e. The molecular formula is C12H16F3N3O2S. The van der Waals surface area contributed by atoms with Crippen LogP contribution >= 0.6 is 0 Å². The number of nitrogens with one attached hydrogen (secondary N) is 2. The number of hydrazine groups is 1. The molecule has 0 heterocycles. The van der Waals surface area contributed by atoms with E-state index in [9.17, 15) is 22.2 Å². The molecule has 0 saturated carbocycles. The number of hydrogen-bond acceptors (Lipinski definition) is 4. The number of anilines is 1. The number of carbonyl (C=O) groups is 1. The van der Waals surface area contributed by atoms with Crippen molar-refractivity contribution in [2.75, 3.05) is 23.5 Å². The fourth-order valence-electron chi connectivity index (χ4n) is 1.55. The highest BCUT2D eigenvalue weighted by Gasteiger charge is 2.31. The van der Waals surface area contributed by atoms with E-state index in [1.807, 2.05) is 0 Å². The topological polar surface area (TPSA) is 84.2 Å². The zero-order valence-corrected chi connectivity index (χ0v) is 12.1. The molecule has 0 fully saturated rings. The number of alkyl halides is 3. The monoisotopic (exact) mass is 323 g/mol. The summed E-state index contributed by atoms with van der Waals surface area (Å²) in [4.78, 5) is 11.9. The van der Waals surface area contributed by atoms with Crippen molar-refractivity contribution < 1.29 is 22.2 Å². The molecule has 0 radical (unpaired) electrons. The minimum absolute atomic E-state index is 0.0807. The molecule has 1 amide bonds. The average Bonchev–Trinajstić information content (AvgIpc) is 2.45. The molecular weight excluding hydrogens is 307 g/mol. The van der Waals surface area contributed by atoms with Gasteiger partial charge in [0.25, 0.3) is 5.91 Å². The number of nitrogens with two attached hydrogens (primary N) is 1. The fraction of sp³-hybridized carbons (Fsp3) is 0.417. The number of amides is 1. The number of nitrogen functional groups attached to an aromatic ring is 1. The number of benzene rings is 1. The lowest BCUT2D eigenvalue weighted by molar-refractivity contribution is -0.137. The Labute approximate surface area is 122 Å². The van der Waals surface area contributed by atoms with Gasteiger partial charge < -0.3 is 10.7 Å². The van der Waals surface area contributed by atoms with Gasteiger partial charge in [-0.05, 0) is 18.2 Å². The van der Waals surface area contributed by atoms with Crippen molar-refractivity contribution in [3.05, 3.63) is 29.3 Å². The van der Waals surface area contributed by atoms with E-state index in [0.717, 1.165) is 18.2 Å². The Morgan fingerprint density at radius 3 is 2.57 bits per heavy atom. The maximum Gasteiger partial charge on any atom is 0.416 e. The summed E-state index contributed by atoms with van der Waals surface area (Å²) in [5.74, 6) is 5.18. The van der Waals surface area contributed by atoms with Gasteiger partial charge in [0, 0.05) is 28.9 Å². The lowest BCUT2D eigenvalue weighted by Gasteiger charge is -2.13. The molecule has 0 saturated heterocycles. The number of rotatable bonds is 6. The van der Waals surface area contributed by atoms with Gasteiger partial charge in [0.15, 0.2) is 0 Å². The van der Waals surface area contributed by atoms with Crippen molar-refractivity contribution >= 4 is 22.4 Å². The van der Waals surface area contributed by atoms with Crippen LogP contribution in [0, 0.1) is 0 Å². The summed E-state index contributed by atoms with van der Waals surface area (Å²) in [6, 6.07) is 2.64. The molecule has 118 valence electrons. The third-order valence-corrected chi connectivity index (χ3v) is 3.99. The van der Waals surface area contributed by atoms with Crippen LogP contribution in [0.1, 0.15) is 22.8 Å². The third-order valence-electron chi connectivity index (χ3n) is 2.68. The summed E-state index contributed by atoms with van der Waals surface area (Å²) < 4.78 is 49.2. The fourth-order valence-corrected chi connectivity index (χ4v) is 2.17. The zero-order valence-electron chi connectivity index (χ0n) is 11.3. The molecule has 4 N–H and O–H groups in total. The zero-order chi connectivity index (χ0) is 16.0. The first-order valence-electron chi connectivity index (χ1n) is 6.10. The lowest BCUT2D eigenvalue weighted by Crippen LogP contribution is -2.29. The molecule has 5 nitrogen and oxygen atoms in total. The highest BCUT2D eigenvalue weighted by Crippen LogP contribution is 2.31. The van der Waals surface area contributed by atoms with Crippen molar-refractivity contribution in [2.45, 2.75) is 13.1 Å². The predicted molar refractivity (Wildman–Crippen MR) is 75.1 cm³/mol. The molecule has 1 aromatic carbocycles.